The molecule has 1 heterocycles. The van der Waals surface area contributed by atoms with Crippen LogP contribution in [0.15, 0.2) is 28.7 Å². The summed E-state index contributed by atoms with van der Waals surface area (Å²) in [7, 11) is -1.16. The Morgan fingerprint density at radius 1 is 1.37 bits per heavy atom. The Bertz CT molecular complexity index is 620. The fourth-order valence-corrected chi connectivity index (χ4v) is 3.10. The summed E-state index contributed by atoms with van der Waals surface area (Å²) in [5.74, 6) is -0.00680. The predicted molar refractivity (Wildman–Crippen MR) is 73.1 cm³/mol. The highest BCUT2D eigenvalue weighted by molar-refractivity contribution is 7.84. The molecule has 0 radical (unpaired) electrons. The van der Waals surface area contributed by atoms with Crippen LogP contribution in [0.2, 0.25) is 0 Å². The molecule has 1 atom stereocenters. The molecule has 3 N–H and O–H groups in total. The van der Waals surface area contributed by atoms with E-state index in [9.17, 15) is 9.00 Å². The normalized spacial score (nSPS) is 12.7. The molecule has 1 unspecified atom stereocenters. The van der Waals surface area contributed by atoms with Crippen molar-refractivity contribution in [2.24, 2.45) is 5.73 Å². The van der Waals surface area contributed by atoms with Gasteiger partial charge in [-0.15, -0.1) is 0 Å². The molecule has 1 amide bonds. The Labute approximate surface area is 112 Å². The number of para-hydroxylation sites is 1. The molecule has 1 aromatic carbocycles. The molecular weight excluding hydrogens is 266 g/mol. The zero-order chi connectivity index (χ0) is 13.8. The summed E-state index contributed by atoms with van der Waals surface area (Å²) in [6, 6.07) is 7.16. The summed E-state index contributed by atoms with van der Waals surface area (Å²) in [6.45, 7) is 0.000547. The number of aliphatic hydroxyl groups excluding tert-OH is 1. The van der Waals surface area contributed by atoms with Gasteiger partial charge >= 0.3 is 0 Å². The molecular formula is C13H15NO4S. The first-order valence-electron chi connectivity index (χ1n) is 5.89. The summed E-state index contributed by atoms with van der Waals surface area (Å²) < 4.78 is 17.3. The first-order chi connectivity index (χ1) is 9.13. The molecule has 0 aliphatic carbocycles. The standard InChI is InChI=1S/C13H15NO4S/c14-13(16)12-10(8-19(17)7-3-6-15)9-4-1-2-5-11(9)18-12/h1-2,4-5,15H,3,6-8H2,(H2,14,16). The number of benzene rings is 1. The zero-order valence-corrected chi connectivity index (χ0v) is 11.1. The van der Waals surface area contributed by atoms with Gasteiger partial charge < -0.3 is 15.3 Å². The first kappa shape index (κ1) is 13.8. The van der Waals surface area contributed by atoms with Crippen LogP contribution in [0, 0.1) is 0 Å². The molecule has 2 rings (SSSR count). The SMILES string of the molecule is NC(=O)c1oc2ccccc2c1CS(=O)CCCO. The number of hydrogen-bond acceptors (Lipinski definition) is 4. The summed E-state index contributed by atoms with van der Waals surface area (Å²) >= 11 is 0. The fraction of sp³-hybridized carbons (Fsp3) is 0.308. The van der Waals surface area contributed by atoms with E-state index < -0.39 is 16.7 Å². The summed E-state index contributed by atoms with van der Waals surface area (Å²) in [5.41, 5.74) is 6.43. The average molecular weight is 281 g/mol. The molecule has 0 fully saturated rings. The van der Waals surface area contributed by atoms with Crippen LogP contribution in [0.25, 0.3) is 11.0 Å². The van der Waals surface area contributed by atoms with Gasteiger partial charge in [0.1, 0.15) is 5.58 Å². The summed E-state index contributed by atoms with van der Waals surface area (Å²) in [5, 5.41) is 9.49. The van der Waals surface area contributed by atoms with E-state index in [0.29, 0.717) is 23.3 Å². The molecule has 0 saturated heterocycles. The smallest absolute Gasteiger partial charge is 0.284 e. The number of fused-ring (bicyclic) bond motifs is 1. The Balaban J connectivity index is 2.36. The van der Waals surface area contributed by atoms with Crippen LogP contribution >= 0.6 is 0 Å². The van der Waals surface area contributed by atoms with Crippen LogP contribution in [0.1, 0.15) is 22.5 Å². The van der Waals surface area contributed by atoms with E-state index in [4.69, 9.17) is 15.3 Å². The van der Waals surface area contributed by atoms with Gasteiger partial charge in [0, 0.05) is 34.1 Å². The van der Waals surface area contributed by atoms with E-state index in [2.05, 4.69) is 0 Å². The maximum atomic E-state index is 11.9. The number of amides is 1. The Morgan fingerprint density at radius 2 is 2.11 bits per heavy atom. The van der Waals surface area contributed by atoms with Crippen molar-refractivity contribution < 1.29 is 18.5 Å². The van der Waals surface area contributed by atoms with Gasteiger partial charge in [-0.05, 0) is 12.5 Å². The van der Waals surface area contributed by atoms with E-state index in [0.717, 1.165) is 5.39 Å². The van der Waals surface area contributed by atoms with E-state index in [1.807, 2.05) is 12.1 Å². The monoisotopic (exact) mass is 281 g/mol. The van der Waals surface area contributed by atoms with Crippen molar-refractivity contribution in [2.75, 3.05) is 12.4 Å². The number of aliphatic hydroxyl groups is 1. The lowest BCUT2D eigenvalue weighted by Gasteiger charge is -2.01. The Kier molecular flexibility index (Phi) is 4.34. The van der Waals surface area contributed by atoms with Gasteiger partial charge in [0.15, 0.2) is 5.76 Å². The molecule has 0 bridgehead atoms. The number of rotatable bonds is 6. The number of furan rings is 1. The van der Waals surface area contributed by atoms with E-state index >= 15 is 0 Å². The third-order valence-corrected chi connectivity index (χ3v) is 4.11. The molecule has 19 heavy (non-hydrogen) atoms. The lowest BCUT2D eigenvalue weighted by molar-refractivity contribution is 0.0975. The topological polar surface area (TPSA) is 93.5 Å². The van der Waals surface area contributed by atoms with Gasteiger partial charge in [-0.2, -0.15) is 0 Å². The second kappa shape index (κ2) is 5.99. The largest absolute Gasteiger partial charge is 0.451 e. The van der Waals surface area contributed by atoms with Crippen molar-refractivity contribution in [2.45, 2.75) is 12.2 Å². The average Bonchev–Trinajstić information content (AvgIpc) is 2.76. The second-order valence-corrected chi connectivity index (χ2v) is 5.71. The van der Waals surface area contributed by atoms with Gasteiger partial charge in [-0.1, -0.05) is 18.2 Å². The number of nitrogens with two attached hydrogens (primary N) is 1. The van der Waals surface area contributed by atoms with Gasteiger partial charge in [-0.3, -0.25) is 9.00 Å². The van der Waals surface area contributed by atoms with Crippen molar-refractivity contribution in [3.05, 3.63) is 35.6 Å². The number of carbonyl (C=O) groups excluding carboxylic acids is 1. The zero-order valence-electron chi connectivity index (χ0n) is 10.3. The Hall–Kier alpha value is -1.66. The number of primary amides is 1. The lowest BCUT2D eigenvalue weighted by atomic mass is 10.1. The van der Waals surface area contributed by atoms with E-state index in [-0.39, 0.29) is 18.1 Å². The first-order valence-corrected chi connectivity index (χ1v) is 7.38. The highest BCUT2D eigenvalue weighted by Gasteiger charge is 2.19. The van der Waals surface area contributed by atoms with Gasteiger partial charge in [0.25, 0.3) is 5.91 Å². The maximum Gasteiger partial charge on any atom is 0.284 e. The third-order valence-electron chi connectivity index (χ3n) is 2.76. The summed E-state index contributed by atoms with van der Waals surface area (Å²) in [6.07, 6.45) is 0.467. The fourth-order valence-electron chi connectivity index (χ4n) is 1.90. The number of hydrogen-bond donors (Lipinski definition) is 2. The molecule has 1 aromatic heterocycles. The van der Waals surface area contributed by atoms with E-state index in [1.165, 1.54) is 0 Å². The van der Waals surface area contributed by atoms with Gasteiger partial charge in [-0.25, -0.2) is 0 Å². The van der Waals surface area contributed by atoms with Crippen molar-refractivity contribution in [3.8, 4) is 0 Å². The van der Waals surface area contributed by atoms with Crippen molar-refractivity contribution in [1.29, 1.82) is 0 Å². The molecule has 102 valence electrons. The summed E-state index contributed by atoms with van der Waals surface area (Å²) in [4.78, 5) is 11.4. The predicted octanol–water partition coefficient (Wildman–Crippen LogP) is 1.16. The second-order valence-electron chi connectivity index (χ2n) is 4.14. The quantitative estimate of drug-likeness (QED) is 0.831. The van der Waals surface area contributed by atoms with Gasteiger partial charge in [0.05, 0.1) is 5.75 Å². The molecule has 0 aliphatic rings. The highest BCUT2D eigenvalue weighted by atomic mass is 32.2. The van der Waals surface area contributed by atoms with Crippen LogP contribution in [0.5, 0.6) is 0 Å². The minimum absolute atomic E-state index is 0.000547. The molecule has 5 nitrogen and oxygen atoms in total. The highest BCUT2D eigenvalue weighted by Crippen LogP contribution is 2.26. The van der Waals surface area contributed by atoms with Crippen molar-refractivity contribution >= 4 is 27.7 Å². The molecule has 6 heteroatoms. The molecule has 0 aliphatic heterocycles. The number of carbonyl (C=O) groups is 1. The molecule has 2 aromatic rings. The minimum atomic E-state index is -1.16. The Morgan fingerprint density at radius 3 is 2.79 bits per heavy atom. The maximum absolute atomic E-state index is 11.9. The molecule has 0 spiro atoms. The van der Waals surface area contributed by atoms with Crippen LogP contribution in [-0.4, -0.2) is 27.6 Å². The van der Waals surface area contributed by atoms with Crippen LogP contribution < -0.4 is 5.73 Å². The van der Waals surface area contributed by atoms with Crippen LogP contribution in [-0.2, 0) is 16.6 Å². The van der Waals surface area contributed by atoms with Crippen molar-refractivity contribution in [1.82, 2.24) is 0 Å². The van der Waals surface area contributed by atoms with Crippen LogP contribution in [0.3, 0.4) is 0 Å². The van der Waals surface area contributed by atoms with Crippen molar-refractivity contribution in [3.63, 3.8) is 0 Å². The van der Waals surface area contributed by atoms with Crippen LogP contribution in [0.4, 0.5) is 0 Å². The third kappa shape index (κ3) is 3.02. The lowest BCUT2D eigenvalue weighted by Crippen LogP contribution is -2.13. The van der Waals surface area contributed by atoms with E-state index in [1.54, 1.807) is 12.1 Å². The molecule has 0 saturated carbocycles. The van der Waals surface area contributed by atoms with Gasteiger partial charge in [0.2, 0.25) is 0 Å². The minimum Gasteiger partial charge on any atom is -0.451 e.